The monoisotopic (exact) mass is 552 g/mol. The summed E-state index contributed by atoms with van der Waals surface area (Å²) in [7, 11) is 3.67. The zero-order chi connectivity index (χ0) is 28.7. The number of hydrogen-bond acceptors (Lipinski definition) is 5. The van der Waals surface area contributed by atoms with Crippen LogP contribution in [0.25, 0.3) is 0 Å². The Morgan fingerprint density at radius 2 is 2.08 bits per heavy atom. The Morgan fingerprint density at radius 3 is 2.85 bits per heavy atom. The minimum absolute atomic E-state index is 0.0671. The maximum Gasteiger partial charge on any atom is 0.266 e. The summed E-state index contributed by atoms with van der Waals surface area (Å²) in [5.74, 6) is 2.89. The highest BCUT2D eigenvalue weighted by molar-refractivity contribution is 5.91. The fourth-order valence-corrected chi connectivity index (χ4v) is 9.18. The molecule has 1 amide bonds. The Bertz CT molecular complexity index is 1030. The first-order chi connectivity index (χ1) is 19.0. The van der Waals surface area contributed by atoms with E-state index >= 15 is 0 Å². The summed E-state index contributed by atoms with van der Waals surface area (Å²) in [6, 6.07) is 0.375. The van der Waals surface area contributed by atoms with Gasteiger partial charge in [-0.3, -0.25) is 10.1 Å². The van der Waals surface area contributed by atoms with Crippen LogP contribution in [0.3, 0.4) is 0 Å². The molecule has 0 aromatic heterocycles. The van der Waals surface area contributed by atoms with Gasteiger partial charge in [0.1, 0.15) is 6.23 Å². The van der Waals surface area contributed by atoms with Crippen molar-refractivity contribution in [2.75, 3.05) is 33.7 Å². The normalized spacial score (nSPS) is 37.8. The largest absolute Gasteiger partial charge is 0.374 e. The van der Waals surface area contributed by atoms with Gasteiger partial charge in [-0.05, 0) is 114 Å². The van der Waals surface area contributed by atoms with E-state index in [2.05, 4.69) is 56.3 Å². The van der Waals surface area contributed by atoms with Crippen LogP contribution in [0, 0.1) is 29.1 Å². The van der Waals surface area contributed by atoms with Crippen molar-refractivity contribution in [3.63, 3.8) is 0 Å². The minimum atomic E-state index is -0.107. The number of nitrogens with one attached hydrogen (secondary N) is 3. The van der Waals surface area contributed by atoms with Gasteiger partial charge >= 0.3 is 0 Å². The van der Waals surface area contributed by atoms with Crippen LogP contribution >= 0.6 is 0 Å². The van der Waals surface area contributed by atoms with Crippen LogP contribution in [0.1, 0.15) is 91.9 Å². The number of fused-ring (bicyclic) bond motifs is 5. The van der Waals surface area contributed by atoms with Gasteiger partial charge in [0.25, 0.3) is 5.91 Å². The Morgan fingerprint density at radius 1 is 1.27 bits per heavy atom. The molecular weight excluding hydrogens is 496 g/mol. The lowest BCUT2D eigenvalue weighted by Gasteiger charge is -2.48. The van der Waals surface area contributed by atoms with Crippen LogP contribution in [0.4, 0.5) is 0 Å². The number of nitrogens with zero attached hydrogens (tertiary/aromatic N) is 1. The standard InChI is InChI=1S/C34H56N4O2/c1-22(21-35-16-17-36-32(39)24(3)38(6)7)18-31-37-25(4)34(40-31)15-13-27-28-12-11-26-10-8-9-14-33(26,5)30(28)19-29(27)23(2)20-34/h10,22,25,27-28,30-31,35,37H,3,8-9,11-21H2,1-2,4-7H3,(H,36,39)/t22?,25-,27?,28?,30?,31?,33?,34?/m0/s1. The lowest BCUT2D eigenvalue weighted by Crippen LogP contribution is -2.42. The third kappa shape index (κ3) is 5.70. The summed E-state index contributed by atoms with van der Waals surface area (Å²) in [4.78, 5) is 13.8. The van der Waals surface area contributed by atoms with Gasteiger partial charge in [0.05, 0.1) is 11.3 Å². The molecule has 3 N–H and O–H groups in total. The first kappa shape index (κ1) is 29.8. The predicted molar refractivity (Wildman–Crippen MR) is 164 cm³/mol. The molecule has 1 spiro atoms. The minimum Gasteiger partial charge on any atom is -0.374 e. The molecule has 1 aliphatic heterocycles. The van der Waals surface area contributed by atoms with Crippen molar-refractivity contribution in [1.82, 2.24) is 20.9 Å². The lowest BCUT2D eigenvalue weighted by atomic mass is 9.56. The smallest absolute Gasteiger partial charge is 0.266 e. The molecule has 8 atom stereocenters. The van der Waals surface area contributed by atoms with Crippen molar-refractivity contribution in [2.24, 2.45) is 29.1 Å². The summed E-state index contributed by atoms with van der Waals surface area (Å²) in [6.07, 6.45) is 15.5. The fourth-order valence-electron chi connectivity index (χ4n) is 9.18. The van der Waals surface area contributed by atoms with Crippen molar-refractivity contribution in [3.8, 4) is 0 Å². The number of ether oxygens (including phenoxy) is 1. The first-order valence-electron chi connectivity index (χ1n) is 16.2. The molecule has 3 fully saturated rings. The van der Waals surface area contributed by atoms with E-state index in [0.717, 1.165) is 43.7 Å². The van der Waals surface area contributed by atoms with Crippen LogP contribution in [-0.4, -0.2) is 62.4 Å². The van der Waals surface area contributed by atoms with E-state index < -0.39 is 0 Å². The summed E-state index contributed by atoms with van der Waals surface area (Å²) in [6.45, 7) is 15.8. The second-order valence-corrected chi connectivity index (χ2v) is 14.4. The van der Waals surface area contributed by atoms with Crippen molar-refractivity contribution < 1.29 is 9.53 Å². The van der Waals surface area contributed by atoms with Crippen LogP contribution < -0.4 is 16.0 Å². The summed E-state index contributed by atoms with van der Waals surface area (Å²) >= 11 is 0. The van der Waals surface area contributed by atoms with Crippen molar-refractivity contribution in [1.29, 1.82) is 0 Å². The van der Waals surface area contributed by atoms with Gasteiger partial charge in [0, 0.05) is 33.2 Å². The maximum absolute atomic E-state index is 12.0. The molecule has 224 valence electrons. The summed E-state index contributed by atoms with van der Waals surface area (Å²) in [5.41, 5.74) is 6.13. The van der Waals surface area contributed by atoms with E-state index in [-0.39, 0.29) is 17.7 Å². The molecule has 6 nitrogen and oxygen atoms in total. The number of rotatable bonds is 9. The summed E-state index contributed by atoms with van der Waals surface area (Å²) in [5, 5.41) is 10.3. The number of amides is 1. The Labute approximate surface area is 243 Å². The van der Waals surface area contributed by atoms with Gasteiger partial charge in [-0.15, -0.1) is 0 Å². The van der Waals surface area contributed by atoms with Gasteiger partial charge in [0.2, 0.25) is 0 Å². The highest BCUT2D eigenvalue weighted by atomic mass is 16.5. The van der Waals surface area contributed by atoms with Gasteiger partial charge in [-0.25, -0.2) is 0 Å². The van der Waals surface area contributed by atoms with E-state index in [0.29, 0.717) is 29.6 Å². The van der Waals surface area contributed by atoms with Crippen LogP contribution in [0.15, 0.2) is 35.1 Å². The third-order valence-electron chi connectivity index (χ3n) is 11.6. The zero-order valence-corrected chi connectivity index (χ0v) is 26.2. The molecule has 2 saturated carbocycles. The van der Waals surface area contributed by atoms with E-state index in [9.17, 15) is 4.79 Å². The van der Waals surface area contributed by atoms with Crippen LogP contribution in [0.2, 0.25) is 0 Å². The van der Waals surface area contributed by atoms with E-state index in [1.807, 2.05) is 19.7 Å². The predicted octanol–water partition coefficient (Wildman–Crippen LogP) is 5.53. The molecule has 0 radical (unpaired) electrons. The van der Waals surface area contributed by atoms with Crippen molar-refractivity contribution in [3.05, 3.63) is 35.1 Å². The molecule has 4 aliphatic carbocycles. The quantitative estimate of drug-likeness (QED) is 0.199. The molecule has 1 heterocycles. The van der Waals surface area contributed by atoms with E-state index in [4.69, 9.17) is 4.74 Å². The molecule has 5 aliphatic rings. The third-order valence-corrected chi connectivity index (χ3v) is 11.6. The molecule has 0 aromatic rings. The zero-order valence-electron chi connectivity index (χ0n) is 26.2. The van der Waals surface area contributed by atoms with Gasteiger partial charge < -0.3 is 20.3 Å². The highest BCUT2D eigenvalue weighted by Crippen LogP contribution is 2.63. The molecule has 1 saturated heterocycles. The average molecular weight is 553 g/mol. The van der Waals surface area contributed by atoms with Crippen LogP contribution in [0.5, 0.6) is 0 Å². The number of allylic oxidation sites excluding steroid dienone is 3. The average Bonchev–Trinajstić information content (AvgIpc) is 3.39. The van der Waals surface area contributed by atoms with E-state index in [1.54, 1.807) is 16.0 Å². The van der Waals surface area contributed by atoms with Gasteiger partial charge in [0.15, 0.2) is 0 Å². The Balaban J connectivity index is 1.13. The van der Waals surface area contributed by atoms with E-state index in [1.165, 1.54) is 51.4 Å². The number of likely N-dealkylation sites (N-methyl/N-ethyl adjacent to an activating group) is 1. The second-order valence-electron chi connectivity index (χ2n) is 14.4. The second kappa shape index (κ2) is 11.9. The van der Waals surface area contributed by atoms with Crippen molar-refractivity contribution >= 4 is 5.91 Å². The molecule has 0 bridgehead atoms. The Kier molecular flexibility index (Phi) is 8.90. The Hall–Kier alpha value is -1.63. The van der Waals surface area contributed by atoms with Crippen LogP contribution in [-0.2, 0) is 9.53 Å². The van der Waals surface area contributed by atoms with Crippen molar-refractivity contribution in [2.45, 2.75) is 110 Å². The molecule has 40 heavy (non-hydrogen) atoms. The van der Waals surface area contributed by atoms with Gasteiger partial charge in [-0.1, -0.05) is 43.2 Å². The molecule has 0 aromatic carbocycles. The number of hydrogen-bond donors (Lipinski definition) is 3. The maximum atomic E-state index is 12.0. The number of carbonyl (C=O) groups excluding carboxylic acids is 1. The fraction of sp³-hybridized carbons (Fsp3) is 0.794. The lowest BCUT2D eigenvalue weighted by molar-refractivity contribution is -0.118. The number of carbonyl (C=O) groups is 1. The molecule has 5 rings (SSSR count). The highest BCUT2D eigenvalue weighted by Gasteiger charge is 2.55. The molecular formula is C34H56N4O2. The topological polar surface area (TPSA) is 65.6 Å². The molecule has 7 unspecified atom stereocenters. The first-order valence-corrected chi connectivity index (χ1v) is 16.2. The SMILES string of the molecule is C=C(C(=O)NCCNCC(C)CC1N[C@@H](C)C2(CCC3C(=C(C)C2)CC2C3CCC3=CCCCC32C)O1)N(C)C. The molecule has 6 heteroatoms. The van der Waals surface area contributed by atoms with Gasteiger partial charge in [-0.2, -0.15) is 0 Å². The summed E-state index contributed by atoms with van der Waals surface area (Å²) < 4.78 is 6.98.